The molecule has 2 heterocycles. The molecule has 0 aromatic heterocycles. The monoisotopic (exact) mass is 518 g/mol. The van der Waals surface area contributed by atoms with E-state index in [0.717, 1.165) is 59.8 Å². The Kier molecular flexibility index (Phi) is 7.55. The lowest BCUT2D eigenvalue weighted by Gasteiger charge is -2.39. The van der Waals surface area contributed by atoms with E-state index in [2.05, 4.69) is 34.1 Å². The second kappa shape index (κ2) is 10.6. The number of halogens is 3. The van der Waals surface area contributed by atoms with Crippen LogP contribution in [0.2, 0.25) is 10.0 Å². The Balaban J connectivity index is 1.25. The Bertz CT molecular complexity index is 1120. The molecule has 5 rings (SSSR count). The molecule has 0 unspecified atom stereocenters. The van der Waals surface area contributed by atoms with Crippen LogP contribution in [0.1, 0.15) is 17.2 Å². The van der Waals surface area contributed by atoms with Crippen LogP contribution in [0.3, 0.4) is 0 Å². The minimum atomic E-state index is -0.180. The highest BCUT2D eigenvalue weighted by atomic mass is 35.5. The summed E-state index contributed by atoms with van der Waals surface area (Å²) in [5.41, 5.74) is 2.67. The summed E-state index contributed by atoms with van der Waals surface area (Å²) in [7, 11) is 0. The molecule has 7 heteroatoms. The number of fused-ring (bicyclic) bond motifs is 2. The maximum Gasteiger partial charge on any atom is 0.123 e. The van der Waals surface area contributed by atoms with E-state index in [4.69, 9.17) is 23.2 Å². The topological polar surface area (TPSA) is 6.48 Å². The van der Waals surface area contributed by atoms with Crippen molar-refractivity contribution in [2.75, 3.05) is 38.5 Å². The van der Waals surface area contributed by atoms with Gasteiger partial charge in [-0.2, -0.15) is 0 Å². The van der Waals surface area contributed by atoms with Gasteiger partial charge in [0.1, 0.15) is 5.82 Å². The van der Waals surface area contributed by atoms with Crippen LogP contribution in [0.15, 0.2) is 75.4 Å². The van der Waals surface area contributed by atoms with Crippen LogP contribution in [-0.2, 0) is 6.42 Å². The van der Waals surface area contributed by atoms with Gasteiger partial charge in [0.25, 0.3) is 0 Å². The van der Waals surface area contributed by atoms with E-state index in [-0.39, 0.29) is 5.82 Å². The van der Waals surface area contributed by atoms with Gasteiger partial charge >= 0.3 is 0 Å². The van der Waals surface area contributed by atoms with Crippen LogP contribution in [0.4, 0.5) is 4.39 Å². The van der Waals surface area contributed by atoms with Gasteiger partial charge in [0.2, 0.25) is 0 Å². The van der Waals surface area contributed by atoms with Gasteiger partial charge in [-0.15, -0.1) is 11.8 Å². The zero-order chi connectivity index (χ0) is 22.8. The smallest absolute Gasteiger partial charge is 0.123 e. The second-order valence-corrected chi connectivity index (χ2v) is 11.6. The second-order valence-electron chi connectivity index (χ2n) is 8.44. The number of hydrogen-bond acceptors (Lipinski definition) is 4. The summed E-state index contributed by atoms with van der Waals surface area (Å²) in [5, 5.41) is 1.57. The lowest BCUT2D eigenvalue weighted by atomic mass is 9.96. The zero-order valence-electron chi connectivity index (χ0n) is 18.1. The first-order valence-corrected chi connectivity index (χ1v) is 13.7. The fraction of sp³-hybridized carbons (Fsp3) is 0.308. The molecule has 0 radical (unpaired) electrons. The highest BCUT2D eigenvalue weighted by Gasteiger charge is 2.30. The summed E-state index contributed by atoms with van der Waals surface area (Å²) in [5.74, 6) is 0.833. The maximum atomic E-state index is 13.1. The molecule has 0 aliphatic carbocycles. The summed E-state index contributed by atoms with van der Waals surface area (Å²) in [6.07, 6.45) is 0.966. The van der Waals surface area contributed by atoms with Gasteiger partial charge in [-0.25, -0.2) is 4.39 Å². The van der Waals surface area contributed by atoms with E-state index in [1.54, 1.807) is 23.5 Å². The van der Waals surface area contributed by atoms with E-state index in [0.29, 0.717) is 6.04 Å². The molecule has 172 valence electrons. The third-order valence-electron chi connectivity index (χ3n) is 6.33. The van der Waals surface area contributed by atoms with Crippen LogP contribution in [0.5, 0.6) is 0 Å². The van der Waals surface area contributed by atoms with Gasteiger partial charge in [-0.1, -0.05) is 41.0 Å². The first-order chi connectivity index (χ1) is 16.0. The van der Waals surface area contributed by atoms with E-state index in [9.17, 15) is 4.39 Å². The summed E-state index contributed by atoms with van der Waals surface area (Å²) in [6.45, 7) is 5.21. The summed E-state index contributed by atoms with van der Waals surface area (Å²) >= 11 is 16.3. The Morgan fingerprint density at radius 1 is 0.879 bits per heavy atom. The molecule has 2 aliphatic rings. The number of benzene rings is 3. The van der Waals surface area contributed by atoms with Crippen molar-refractivity contribution in [2.45, 2.75) is 27.1 Å². The van der Waals surface area contributed by atoms with Crippen LogP contribution >= 0.6 is 46.7 Å². The molecule has 0 saturated carbocycles. The highest BCUT2D eigenvalue weighted by Crippen LogP contribution is 2.44. The quantitative estimate of drug-likeness (QED) is 0.327. The van der Waals surface area contributed by atoms with Crippen molar-refractivity contribution in [2.24, 2.45) is 0 Å². The van der Waals surface area contributed by atoms with Crippen molar-refractivity contribution < 1.29 is 4.39 Å². The first kappa shape index (κ1) is 23.5. The summed E-state index contributed by atoms with van der Waals surface area (Å²) in [6, 6.07) is 19.6. The molecule has 1 atom stereocenters. The molecule has 3 aromatic carbocycles. The van der Waals surface area contributed by atoms with Crippen molar-refractivity contribution in [3.05, 3.63) is 87.7 Å². The molecular formula is C26H25Cl2FN2S2. The van der Waals surface area contributed by atoms with Crippen LogP contribution in [-0.4, -0.2) is 48.3 Å². The highest BCUT2D eigenvalue weighted by molar-refractivity contribution is 7.99. The summed E-state index contributed by atoms with van der Waals surface area (Å²) < 4.78 is 13.1. The van der Waals surface area contributed by atoms with Gasteiger partial charge in [-0.05, 0) is 72.1 Å². The number of nitrogens with zero attached hydrogens (tertiary/aromatic N) is 2. The predicted octanol–water partition coefficient (Wildman–Crippen LogP) is 7.29. The SMILES string of the molecule is Fc1ccc(SCCN2CCN([C@@H]3Cc4ccc(Cl)cc4Sc4ccc(Cl)cc43)CC2)cc1. The molecule has 0 N–H and O–H groups in total. The Morgan fingerprint density at radius 2 is 1.61 bits per heavy atom. The van der Waals surface area contributed by atoms with E-state index in [1.165, 1.54) is 33.1 Å². The molecule has 33 heavy (non-hydrogen) atoms. The number of piperazine rings is 1. The lowest BCUT2D eigenvalue weighted by Crippen LogP contribution is -2.48. The molecular weight excluding hydrogens is 494 g/mol. The Labute approximate surface area is 213 Å². The van der Waals surface area contributed by atoms with Crippen molar-refractivity contribution in [3.8, 4) is 0 Å². The maximum absolute atomic E-state index is 13.1. The van der Waals surface area contributed by atoms with Gasteiger partial charge in [0.05, 0.1) is 0 Å². The average Bonchev–Trinajstić information content (AvgIpc) is 2.97. The van der Waals surface area contributed by atoms with E-state index >= 15 is 0 Å². The molecule has 0 bridgehead atoms. The van der Waals surface area contributed by atoms with Crippen molar-refractivity contribution in [3.63, 3.8) is 0 Å². The van der Waals surface area contributed by atoms with Gasteiger partial charge in [0.15, 0.2) is 0 Å². The Hall–Kier alpha value is -1.21. The number of hydrogen-bond donors (Lipinski definition) is 0. The first-order valence-electron chi connectivity index (χ1n) is 11.2. The largest absolute Gasteiger partial charge is 0.300 e. The average molecular weight is 520 g/mol. The molecule has 0 spiro atoms. The minimum absolute atomic E-state index is 0.180. The molecule has 1 saturated heterocycles. The van der Waals surface area contributed by atoms with E-state index < -0.39 is 0 Å². The zero-order valence-corrected chi connectivity index (χ0v) is 21.3. The van der Waals surface area contributed by atoms with Crippen molar-refractivity contribution >= 4 is 46.7 Å². The molecule has 2 nitrogen and oxygen atoms in total. The normalized spacial score (nSPS) is 19.1. The molecule has 0 amide bonds. The van der Waals surface area contributed by atoms with Crippen LogP contribution in [0, 0.1) is 5.82 Å². The molecule has 2 aliphatic heterocycles. The van der Waals surface area contributed by atoms with Crippen molar-refractivity contribution in [1.82, 2.24) is 9.80 Å². The fourth-order valence-electron chi connectivity index (χ4n) is 4.55. The molecule has 3 aromatic rings. The van der Waals surface area contributed by atoms with Gasteiger partial charge < -0.3 is 0 Å². The van der Waals surface area contributed by atoms with Gasteiger partial charge in [0, 0.05) is 69.3 Å². The van der Waals surface area contributed by atoms with Crippen LogP contribution in [0.25, 0.3) is 0 Å². The van der Waals surface area contributed by atoms with Gasteiger partial charge in [-0.3, -0.25) is 9.80 Å². The Morgan fingerprint density at radius 3 is 2.39 bits per heavy atom. The molecule has 1 fully saturated rings. The van der Waals surface area contributed by atoms with Crippen molar-refractivity contribution in [1.29, 1.82) is 0 Å². The third kappa shape index (κ3) is 5.72. The summed E-state index contributed by atoms with van der Waals surface area (Å²) in [4.78, 5) is 8.78. The van der Waals surface area contributed by atoms with E-state index in [1.807, 2.05) is 24.3 Å². The number of thioether (sulfide) groups is 1. The third-order valence-corrected chi connectivity index (χ3v) is 8.98. The lowest BCUT2D eigenvalue weighted by molar-refractivity contribution is 0.0984. The number of rotatable bonds is 5. The fourth-order valence-corrected chi connectivity index (χ4v) is 7.03. The predicted molar refractivity (Wildman–Crippen MR) is 139 cm³/mol. The minimum Gasteiger partial charge on any atom is -0.300 e. The standard InChI is InChI=1S/C26H25Cl2FN2S2/c27-19-3-8-25-23(16-19)24(15-18-1-2-20(28)17-26(18)33-25)31-11-9-30(10-12-31)13-14-32-22-6-4-21(29)5-7-22/h1-8,16-17,24H,9-15H2/t24-/m1/s1. The van der Waals surface area contributed by atoms with Crippen LogP contribution < -0.4 is 0 Å².